The average molecular weight is 287 g/mol. The highest BCUT2D eigenvalue weighted by Gasteiger charge is 2.17. The summed E-state index contributed by atoms with van der Waals surface area (Å²) in [7, 11) is 0. The zero-order valence-electron chi connectivity index (χ0n) is 12.2. The normalized spacial score (nSPS) is 14.2. The minimum Gasteiger partial charge on any atom is -0.454 e. The van der Waals surface area contributed by atoms with E-state index in [2.05, 4.69) is 5.32 Å². The predicted octanol–water partition coefficient (Wildman–Crippen LogP) is 3.71. The van der Waals surface area contributed by atoms with Gasteiger partial charge in [0.2, 0.25) is 6.79 Å². The van der Waals surface area contributed by atoms with E-state index in [1.54, 1.807) is 19.1 Å². The third-order valence-corrected chi connectivity index (χ3v) is 3.77. The summed E-state index contributed by atoms with van der Waals surface area (Å²) in [5.41, 5.74) is 2.64. The van der Waals surface area contributed by atoms with Gasteiger partial charge in [0.25, 0.3) is 0 Å². The van der Waals surface area contributed by atoms with Crippen molar-refractivity contribution in [3.63, 3.8) is 0 Å². The van der Waals surface area contributed by atoms with Gasteiger partial charge >= 0.3 is 0 Å². The Morgan fingerprint density at radius 2 is 2.10 bits per heavy atom. The summed E-state index contributed by atoms with van der Waals surface area (Å²) < 4.78 is 24.5. The number of rotatable bonds is 4. The number of benzene rings is 2. The molecule has 2 aromatic rings. The molecule has 21 heavy (non-hydrogen) atoms. The van der Waals surface area contributed by atoms with E-state index in [0.29, 0.717) is 12.1 Å². The van der Waals surface area contributed by atoms with Gasteiger partial charge in [0.1, 0.15) is 5.82 Å². The second kappa shape index (κ2) is 5.74. The van der Waals surface area contributed by atoms with Crippen LogP contribution in [-0.4, -0.2) is 6.79 Å². The molecule has 3 rings (SSSR count). The van der Waals surface area contributed by atoms with Gasteiger partial charge in [0.15, 0.2) is 11.5 Å². The smallest absolute Gasteiger partial charge is 0.231 e. The zero-order chi connectivity index (χ0) is 14.8. The Morgan fingerprint density at radius 1 is 1.24 bits per heavy atom. The second-order valence-electron chi connectivity index (χ2n) is 5.26. The first kappa shape index (κ1) is 13.9. The SMILES string of the molecule is Cc1ccc(C(C)NCc2cccc3c2OCO3)cc1F. The van der Waals surface area contributed by atoms with Crippen molar-refractivity contribution in [2.24, 2.45) is 0 Å². The van der Waals surface area contributed by atoms with Gasteiger partial charge in [0.05, 0.1) is 0 Å². The maximum atomic E-state index is 13.6. The largest absolute Gasteiger partial charge is 0.454 e. The van der Waals surface area contributed by atoms with Gasteiger partial charge in [0, 0.05) is 18.2 Å². The van der Waals surface area contributed by atoms with Gasteiger partial charge in [-0.25, -0.2) is 4.39 Å². The maximum Gasteiger partial charge on any atom is 0.231 e. The van der Waals surface area contributed by atoms with Gasteiger partial charge in [-0.3, -0.25) is 0 Å². The topological polar surface area (TPSA) is 30.5 Å². The minimum atomic E-state index is -0.168. The van der Waals surface area contributed by atoms with Crippen LogP contribution in [0.1, 0.15) is 29.7 Å². The van der Waals surface area contributed by atoms with Crippen molar-refractivity contribution >= 4 is 0 Å². The van der Waals surface area contributed by atoms with Crippen LogP contribution in [0.25, 0.3) is 0 Å². The van der Waals surface area contributed by atoms with E-state index in [1.165, 1.54) is 0 Å². The molecule has 0 spiro atoms. The number of para-hydroxylation sites is 1. The summed E-state index contributed by atoms with van der Waals surface area (Å²) in [5, 5.41) is 3.39. The Bertz CT molecular complexity index is 657. The van der Waals surface area contributed by atoms with Crippen molar-refractivity contribution in [3.05, 3.63) is 58.9 Å². The molecule has 0 radical (unpaired) electrons. The second-order valence-corrected chi connectivity index (χ2v) is 5.26. The summed E-state index contributed by atoms with van der Waals surface area (Å²) in [6.07, 6.45) is 0. The molecule has 1 unspecified atom stereocenters. The lowest BCUT2D eigenvalue weighted by Gasteiger charge is -2.15. The first-order valence-electron chi connectivity index (χ1n) is 7.02. The molecule has 4 heteroatoms. The molecule has 0 saturated heterocycles. The summed E-state index contributed by atoms with van der Waals surface area (Å²) in [5.74, 6) is 1.41. The van der Waals surface area contributed by atoms with Crippen LogP contribution in [0.3, 0.4) is 0 Å². The average Bonchev–Trinajstić information content (AvgIpc) is 2.96. The number of hydrogen-bond donors (Lipinski definition) is 1. The van der Waals surface area contributed by atoms with E-state index in [9.17, 15) is 4.39 Å². The first-order chi connectivity index (χ1) is 10.1. The van der Waals surface area contributed by atoms with E-state index in [-0.39, 0.29) is 18.7 Å². The molecule has 0 amide bonds. The first-order valence-corrected chi connectivity index (χ1v) is 7.02. The van der Waals surface area contributed by atoms with Gasteiger partial charge in [-0.2, -0.15) is 0 Å². The fraction of sp³-hybridized carbons (Fsp3) is 0.294. The molecule has 0 bridgehead atoms. The van der Waals surface area contributed by atoms with E-state index in [4.69, 9.17) is 9.47 Å². The van der Waals surface area contributed by atoms with Gasteiger partial charge in [-0.1, -0.05) is 24.3 Å². The molecule has 1 atom stereocenters. The number of fused-ring (bicyclic) bond motifs is 1. The maximum absolute atomic E-state index is 13.6. The predicted molar refractivity (Wildman–Crippen MR) is 79.0 cm³/mol. The quantitative estimate of drug-likeness (QED) is 0.929. The molecule has 0 aliphatic carbocycles. The standard InChI is InChI=1S/C17H18FNO2/c1-11-6-7-13(8-15(11)18)12(2)19-9-14-4-3-5-16-17(14)21-10-20-16/h3-8,12,19H,9-10H2,1-2H3. The van der Waals surface area contributed by atoms with Crippen LogP contribution in [0.4, 0.5) is 4.39 Å². The Hall–Kier alpha value is -2.07. The van der Waals surface area contributed by atoms with Crippen LogP contribution in [0, 0.1) is 12.7 Å². The highest BCUT2D eigenvalue weighted by Crippen LogP contribution is 2.35. The third kappa shape index (κ3) is 2.85. The van der Waals surface area contributed by atoms with Crippen molar-refractivity contribution in [2.45, 2.75) is 26.4 Å². The number of hydrogen-bond acceptors (Lipinski definition) is 3. The molecule has 1 heterocycles. The Kier molecular flexibility index (Phi) is 3.80. The highest BCUT2D eigenvalue weighted by molar-refractivity contribution is 5.48. The van der Waals surface area contributed by atoms with Crippen LogP contribution >= 0.6 is 0 Å². The number of halogens is 1. The lowest BCUT2D eigenvalue weighted by Crippen LogP contribution is -2.18. The van der Waals surface area contributed by atoms with Crippen LogP contribution in [0.15, 0.2) is 36.4 Å². The Labute approximate surface area is 123 Å². The summed E-state index contributed by atoms with van der Waals surface area (Å²) >= 11 is 0. The molecule has 1 aliphatic heterocycles. The van der Waals surface area contributed by atoms with Crippen LogP contribution in [0.5, 0.6) is 11.5 Å². The minimum absolute atomic E-state index is 0.0540. The molecule has 0 saturated carbocycles. The van der Waals surface area contributed by atoms with Crippen molar-refractivity contribution in [3.8, 4) is 11.5 Å². The zero-order valence-corrected chi connectivity index (χ0v) is 12.2. The summed E-state index contributed by atoms with van der Waals surface area (Å²) in [6, 6.07) is 11.2. The molecule has 1 N–H and O–H groups in total. The third-order valence-electron chi connectivity index (χ3n) is 3.77. The number of ether oxygens (including phenoxy) is 2. The molecule has 0 fully saturated rings. The monoisotopic (exact) mass is 287 g/mol. The molecule has 2 aromatic carbocycles. The summed E-state index contributed by atoms with van der Waals surface area (Å²) in [6.45, 7) is 4.70. The van der Waals surface area contributed by atoms with Crippen LogP contribution in [0.2, 0.25) is 0 Å². The van der Waals surface area contributed by atoms with E-state index in [0.717, 1.165) is 22.6 Å². The Balaban J connectivity index is 1.70. The Morgan fingerprint density at radius 3 is 2.90 bits per heavy atom. The molecule has 1 aliphatic rings. The fourth-order valence-corrected chi connectivity index (χ4v) is 2.39. The molecular weight excluding hydrogens is 269 g/mol. The van der Waals surface area contributed by atoms with Crippen molar-refractivity contribution in [1.82, 2.24) is 5.32 Å². The molecule has 3 nitrogen and oxygen atoms in total. The van der Waals surface area contributed by atoms with Crippen molar-refractivity contribution in [1.29, 1.82) is 0 Å². The van der Waals surface area contributed by atoms with E-state index >= 15 is 0 Å². The van der Waals surface area contributed by atoms with E-state index < -0.39 is 0 Å². The molecule has 0 aromatic heterocycles. The van der Waals surface area contributed by atoms with Gasteiger partial charge in [-0.15, -0.1) is 0 Å². The number of nitrogens with one attached hydrogen (secondary N) is 1. The van der Waals surface area contributed by atoms with Crippen molar-refractivity contribution < 1.29 is 13.9 Å². The number of aryl methyl sites for hydroxylation is 1. The molecule has 110 valence electrons. The lowest BCUT2D eigenvalue weighted by molar-refractivity contribution is 0.173. The molecular formula is C17H18FNO2. The van der Waals surface area contributed by atoms with Gasteiger partial charge < -0.3 is 14.8 Å². The highest BCUT2D eigenvalue weighted by atomic mass is 19.1. The van der Waals surface area contributed by atoms with E-state index in [1.807, 2.05) is 31.2 Å². The van der Waals surface area contributed by atoms with Crippen LogP contribution < -0.4 is 14.8 Å². The summed E-state index contributed by atoms with van der Waals surface area (Å²) in [4.78, 5) is 0. The van der Waals surface area contributed by atoms with Gasteiger partial charge in [-0.05, 0) is 37.1 Å². The lowest BCUT2D eigenvalue weighted by atomic mass is 10.1. The van der Waals surface area contributed by atoms with Crippen LogP contribution in [-0.2, 0) is 6.54 Å². The fourth-order valence-electron chi connectivity index (χ4n) is 2.39. The van der Waals surface area contributed by atoms with Crippen molar-refractivity contribution in [2.75, 3.05) is 6.79 Å².